The van der Waals surface area contributed by atoms with Crippen molar-refractivity contribution in [2.75, 3.05) is 11.9 Å². The van der Waals surface area contributed by atoms with Gasteiger partial charge in [-0.3, -0.25) is 0 Å². The van der Waals surface area contributed by atoms with Crippen LogP contribution in [0.15, 0.2) is 47.1 Å². The van der Waals surface area contributed by atoms with E-state index in [0.29, 0.717) is 0 Å². The summed E-state index contributed by atoms with van der Waals surface area (Å²) in [4.78, 5) is 4.27. The molecule has 0 bridgehead atoms. The second kappa shape index (κ2) is 4.98. The molecule has 18 heavy (non-hydrogen) atoms. The summed E-state index contributed by atoms with van der Waals surface area (Å²) in [6, 6.07) is 12.1. The van der Waals surface area contributed by atoms with E-state index in [2.05, 4.69) is 32.3 Å². The zero-order valence-corrected chi connectivity index (χ0v) is 11.4. The number of nitrogens with zero attached hydrogens (tertiary/aromatic N) is 1. The molecule has 2 heterocycles. The van der Waals surface area contributed by atoms with E-state index in [0.717, 1.165) is 29.0 Å². The van der Waals surface area contributed by atoms with Gasteiger partial charge in [-0.2, -0.15) is 0 Å². The SMILES string of the molecule is Brc1cccnc1NCC1Cc2ccccc2O1. The van der Waals surface area contributed by atoms with Crippen LogP contribution in [-0.4, -0.2) is 17.6 Å². The third-order valence-electron chi connectivity index (χ3n) is 2.97. The van der Waals surface area contributed by atoms with Crippen LogP contribution >= 0.6 is 15.9 Å². The molecule has 1 unspecified atom stereocenters. The van der Waals surface area contributed by atoms with Crippen LogP contribution in [0.4, 0.5) is 5.82 Å². The number of nitrogens with one attached hydrogen (secondary N) is 1. The molecule has 4 heteroatoms. The van der Waals surface area contributed by atoms with Crippen molar-refractivity contribution in [2.24, 2.45) is 0 Å². The molecule has 0 saturated carbocycles. The first kappa shape index (κ1) is 11.5. The Hall–Kier alpha value is -1.55. The lowest BCUT2D eigenvalue weighted by atomic mass is 10.1. The molecule has 0 saturated heterocycles. The summed E-state index contributed by atoms with van der Waals surface area (Å²) in [5.41, 5.74) is 1.28. The first-order chi connectivity index (χ1) is 8.83. The van der Waals surface area contributed by atoms with Crippen molar-refractivity contribution in [3.63, 3.8) is 0 Å². The Morgan fingerprint density at radius 2 is 2.17 bits per heavy atom. The molecule has 1 N–H and O–H groups in total. The summed E-state index contributed by atoms with van der Waals surface area (Å²) in [7, 11) is 0. The molecule has 3 rings (SSSR count). The molecule has 0 fully saturated rings. The standard InChI is InChI=1S/C14H13BrN2O/c15-12-5-3-7-16-14(12)17-9-11-8-10-4-1-2-6-13(10)18-11/h1-7,11H,8-9H2,(H,16,17). The lowest BCUT2D eigenvalue weighted by molar-refractivity contribution is 0.246. The smallest absolute Gasteiger partial charge is 0.140 e. The van der Waals surface area contributed by atoms with Gasteiger partial charge < -0.3 is 10.1 Å². The van der Waals surface area contributed by atoms with Crippen molar-refractivity contribution in [1.82, 2.24) is 4.98 Å². The van der Waals surface area contributed by atoms with Crippen molar-refractivity contribution in [2.45, 2.75) is 12.5 Å². The van der Waals surface area contributed by atoms with E-state index in [4.69, 9.17) is 4.74 Å². The van der Waals surface area contributed by atoms with Gasteiger partial charge in [0.1, 0.15) is 17.7 Å². The highest BCUT2D eigenvalue weighted by Gasteiger charge is 2.22. The summed E-state index contributed by atoms with van der Waals surface area (Å²) in [6.07, 6.45) is 2.90. The van der Waals surface area contributed by atoms with Crippen LogP contribution in [0.5, 0.6) is 5.75 Å². The molecule has 1 aliphatic rings. The second-order valence-electron chi connectivity index (χ2n) is 4.27. The van der Waals surface area contributed by atoms with E-state index < -0.39 is 0 Å². The fourth-order valence-electron chi connectivity index (χ4n) is 2.09. The second-order valence-corrected chi connectivity index (χ2v) is 5.12. The van der Waals surface area contributed by atoms with E-state index in [1.165, 1.54) is 5.56 Å². The van der Waals surface area contributed by atoms with Gasteiger partial charge in [0, 0.05) is 12.6 Å². The van der Waals surface area contributed by atoms with Gasteiger partial charge in [-0.05, 0) is 39.7 Å². The molecule has 0 spiro atoms. The highest BCUT2D eigenvalue weighted by atomic mass is 79.9. The lowest BCUT2D eigenvalue weighted by Gasteiger charge is -2.13. The van der Waals surface area contributed by atoms with Gasteiger partial charge in [0.05, 0.1) is 11.0 Å². The fraction of sp³-hybridized carbons (Fsp3) is 0.214. The number of pyridine rings is 1. The Labute approximate surface area is 114 Å². The first-order valence-electron chi connectivity index (χ1n) is 5.92. The highest BCUT2D eigenvalue weighted by molar-refractivity contribution is 9.10. The normalized spacial score (nSPS) is 17.1. The number of anilines is 1. The van der Waals surface area contributed by atoms with Gasteiger partial charge in [0.2, 0.25) is 0 Å². The van der Waals surface area contributed by atoms with Crippen LogP contribution in [0.1, 0.15) is 5.56 Å². The van der Waals surface area contributed by atoms with Gasteiger partial charge in [-0.1, -0.05) is 18.2 Å². The van der Waals surface area contributed by atoms with Crippen LogP contribution in [0, 0.1) is 0 Å². The van der Waals surface area contributed by atoms with Gasteiger partial charge in [0.25, 0.3) is 0 Å². The third-order valence-corrected chi connectivity index (χ3v) is 3.61. The zero-order chi connectivity index (χ0) is 12.4. The molecule has 1 aromatic heterocycles. The third kappa shape index (κ3) is 2.34. The summed E-state index contributed by atoms with van der Waals surface area (Å²) in [5, 5.41) is 3.31. The van der Waals surface area contributed by atoms with E-state index in [-0.39, 0.29) is 6.10 Å². The van der Waals surface area contributed by atoms with Crippen LogP contribution in [0.3, 0.4) is 0 Å². The molecular weight excluding hydrogens is 292 g/mol. The minimum atomic E-state index is 0.177. The number of benzene rings is 1. The molecular formula is C14H13BrN2O. The number of ether oxygens (including phenoxy) is 1. The minimum Gasteiger partial charge on any atom is -0.488 e. The average molecular weight is 305 g/mol. The predicted molar refractivity (Wildman–Crippen MR) is 75.0 cm³/mol. The quantitative estimate of drug-likeness (QED) is 0.945. The molecule has 2 aromatic rings. The lowest BCUT2D eigenvalue weighted by Crippen LogP contribution is -2.24. The number of fused-ring (bicyclic) bond motifs is 1. The van der Waals surface area contributed by atoms with Crippen LogP contribution in [0.25, 0.3) is 0 Å². The average Bonchev–Trinajstić information content (AvgIpc) is 2.80. The molecule has 0 amide bonds. The van der Waals surface area contributed by atoms with E-state index in [1.54, 1.807) is 6.20 Å². The fourth-order valence-corrected chi connectivity index (χ4v) is 2.49. The number of hydrogen-bond acceptors (Lipinski definition) is 3. The Morgan fingerprint density at radius 3 is 3.00 bits per heavy atom. The van der Waals surface area contributed by atoms with Gasteiger partial charge in [0.15, 0.2) is 0 Å². The number of hydrogen-bond donors (Lipinski definition) is 1. The van der Waals surface area contributed by atoms with Gasteiger partial charge >= 0.3 is 0 Å². The number of rotatable bonds is 3. The maximum atomic E-state index is 5.86. The number of para-hydroxylation sites is 1. The molecule has 0 radical (unpaired) electrons. The van der Waals surface area contributed by atoms with Crippen LogP contribution in [0.2, 0.25) is 0 Å². The monoisotopic (exact) mass is 304 g/mol. The first-order valence-corrected chi connectivity index (χ1v) is 6.71. The summed E-state index contributed by atoms with van der Waals surface area (Å²) in [5.74, 6) is 1.86. The molecule has 0 aliphatic carbocycles. The van der Waals surface area contributed by atoms with E-state index in [1.807, 2.05) is 30.3 Å². The molecule has 1 atom stereocenters. The summed E-state index contributed by atoms with van der Waals surface area (Å²) < 4.78 is 6.84. The zero-order valence-electron chi connectivity index (χ0n) is 9.77. The topological polar surface area (TPSA) is 34.2 Å². The summed E-state index contributed by atoms with van der Waals surface area (Å²) in [6.45, 7) is 0.754. The number of halogens is 1. The summed E-state index contributed by atoms with van der Waals surface area (Å²) >= 11 is 3.47. The van der Waals surface area contributed by atoms with Crippen molar-refractivity contribution in [3.8, 4) is 5.75 Å². The maximum Gasteiger partial charge on any atom is 0.140 e. The van der Waals surface area contributed by atoms with E-state index in [9.17, 15) is 0 Å². The van der Waals surface area contributed by atoms with Crippen LogP contribution in [-0.2, 0) is 6.42 Å². The maximum absolute atomic E-state index is 5.86. The van der Waals surface area contributed by atoms with Gasteiger partial charge in [-0.25, -0.2) is 4.98 Å². The molecule has 1 aromatic carbocycles. The molecule has 1 aliphatic heterocycles. The van der Waals surface area contributed by atoms with E-state index >= 15 is 0 Å². The largest absolute Gasteiger partial charge is 0.488 e. The predicted octanol–water partition coefficient (Wildman–Crippen LogP) is 3.26. The van der Waals surface area contributed by atoms with Crippen LogP contribution < -0.4 is 10.1 Å². The van der Waals surface area contributed by atoms with Crippen molar-refractivity contribution in [3.05, 3.63) is 52.6 Å². The Kier molecular flexibility index (Phi) is 3.19. The Bertz CT molecular complexity index is 534. The van der Waals surface area contributed by atoms with Crippen molar-refractivity contribution >= 4 is 21.7 Å². The number of aromatic nitrogens is 1. The highest BCUT2D eigenvalue weighted by Crippen LogP contribution is 2.28. The molecule has 92 valence electrons. The van der Waals surface area contributed by atoms with Crippen molar-refractivity contribution in [1.29, 1.82) is 0 Å². The Morgan fingerprint density at radius 1 is 1.28 bits per heavy atom. The minimum absolute atomic E-state index is 0.177. The molecule has 3 nitrogen and oxygen atoms in total. The van der Waals surface area contributed by atoms with Crippen molar-refractivity contribution < 1.29 is 4.74 Å². The Balaban J connectivity index is 1.62. The van der Waals surface area contributed by atoms with Gasteiger partial charge in [-0.15, -0.1) is 0 Å².